The van der Waals surface area contributed by atoms with Crippen molar-refractivity contribution < 1.29 is 4.74 Å². The van der Waals surface area contributed by atoms with Gasteiger partial charge in [-0.2, -0.15) is 4.98 Å². The third-order valence-corrected chi connectivity index (χ3v) is 2.30. The Kier molecular flexibility index (Phi) is 2.35. The molecule has 0 spiro atoms. The zero-order valence-corrected chi connectivity index (χ0v) is 8.16. The predicted octanol–water partition coefficient (Wildman–Crippen LogP) is 1.63. The summed E-state index contributed by atoms with van der Waals surface area (Å²) in [6.07, 6.45) is 5.59. The molecule has 14 heavy (non-hydrogen) atoms. The topological polar surface area (TPSA) is 61.0 Å². The first-order valence-corrected chi connectivity index (χ1v) is 4.67. The first-order valence-electron chi connectivity index (χ1n) is 4.67. The SMILES string of the molecule is COc1cc(C2=CCCC2)nc(N)n1. The molecule has 0 saturated heterocycles. The number of aromatic nitrogens is 2. The summed E-state index contributed by atoms with van der Waals surface area (Å²) in [5, 5.41) is 0. The fraction of sp³-hybridized carbons (Fsp3) is 0.400. The van der Waals surface area contributed by atoms with Gasteiger partial charge < -0.3 is 10.5 Å². The lowest BCUT2D eigenvalue weighted by molar-refractivity contribution is 0.397. The average Bonchev–Trinajstić information content (AvgIpc) is 2.69. The number of nitrogens with two attached hydrogens (primary N) is 1. The molecule has 2 N–H and O–H groups in total. The van der Waals surface area contributed by atoms with Crippen molar-refractivity contribution in [3.63, 3.8) is 0 Å². The lowest BCUT2D eigenvalue weighted by atomic mass is 10.1. The number of hydrogen-bond donors (Lipinski definition) is 1. The maximum absolute atomic E-state index is 5.57. The third-order valence-electron chi connectivity index (χ3n) is 2.30. The van der Waals surface area contributed by atoms with E-state index in [0.29, 0.717) is 5.88 Å². The largest absolute Gasteiger partial charge is 0.481 e. The van der Waals surface area contributed by atoms with Gasteiger partial charge in [-0.05, 0) is 24.8 Å². The molecule has 1 aliphatic carbocycles. The summed E-state index contributed by atoms with van der Waals surface area (Å²) >= 11 is 0. The molecule has 1 aromatic rings. The van der Waals surface area contributed by atoms with Crippen molar-refractivity contribution in [2.24, 2.45) is 0 Å². The van der Waals surface area contributed by atoms with Crippen molar-refractivity contribution >= 4 is 11.5 Å². The highest BCUT2D eigenvalue weighted by Crippen LogP contribution is 2.27. The molecule has 0 unspecified atom stereocenters. The van der Waals surface area contributed by atoms with Gasteiger partial charge in [0.05, 0.1) is 12.8 Å². The fourth-order valence-corrected chi connectivity index (χ4v) is 1.62. The highest BCUT2D eigenvalue weighted by Gasteiger charge is 2.10. The minimum Gasteiger partial charge on any atom is -0.481 e. The Morgan fingerprint density at radius 2 is 2.29 bits per heavy atom. The molecule has 0 fully saturated rings. The number of methoxy groups -OCH3 is 1. The summed E-state index contributed by atoms with van der Waals surface area (Å²) in [6.45, 7) is 0. The molecule has 1 aliphatic rings. The molecular weight excluding hydrogens is 178 g/mol. The van der Waals surface area contributed by atoms with E-state index in [9.17, 15) is 0 Å². The minimum atomic E-state index is 0.271. The molecule has 0 atom stereocenters. The maximum atomic E-state index is 5.57. The first kappa shape index (κ1) is 8.99. The Hall–Kier alpha value is -1.58. The van der Waals surface area contributed by atoms with Gasteiger partial charge in [0.15, 0.2) is 0 Å². The molecule has 1 aromatic heterocycles. The van der Waals surface area contributed by atoms with Crippen LogP contribution in [0.15, 0.2) is 12.1 Å². The zero-order chi connectivity index (χ0) is 9.97. The Bertz CT molecular complexity index is 374. The van der Waals surface area contributed by atoms with Crippen molar-refractivity contribution in [1.82, 2.24) is 9.97 Å². The van der Waals surface area contributed by atoms with Gasteiger partial charge in [-0.3, -0.25) is 0 Å². The van der Waals surface area contributed by atoms with Gasteiger partial charge >= 0.3 is 0 Å². The Labute approximate surface area is 82.8 Å². The van der Waals surface area contributed by atoms with Gasteiger partial charge in [0.2, 0.25) is 11.8 Å². The van der Waals surface area contributed by atoms with Crippen LogP contribution in [0.25, 0.3) is 5.57 Å². The van der Waals surface area contributed by atoms with Crippen LogP contribution < -0.4 is 10.5 Å². The van der Waals surface area contributed by atoms with Crippen LogP contribution >= 0.6 is 0 Å². The third kappa shape index (κ3) is 1.69. The Morgan fingerprint density at radius 1 is 1.43 bits per heavy atom. The van der Waals surface area contributed by atoms with E-state index in [1.54, 1.807) is 7.11 Å². The summed E-state index contributed by atoms with van der Waals surface area (Å²) in [7, 11) is 1.58. The van der Waals surface area contributed by atoms with Crippen LogP contribution in [0.4, 0.5) is 5.95 Å². The second-order valence-corrected chi connectivity index (χ2v) is 3.28. The molecule has 0 amide bonds. The maximum Gasteiger partial charge on any atom is 0.223 e. The summed E-state index contributed by atoms with van der Waals surface area (Å²) < 4.78 is 5.04. The summed E-state index contributed by atoms with van der Waals surface area (Å²) in [6, 6.07) is 1.83. The lowest BCUT2D eigenvalue weighted by Gasteiger charge is -2.04. The quantitative estimate of drug-likeness (QED) is 0.771. The van der Waals surface area contributed by atoms with Gasteiger partial charge in [0.1, 0.15) is 0 Å². The second-order valence-electron chi connectivity index (χ2n) is 3.28. The standard InChI is InChI=1S/C10H13N3O/c1-14-9-6-8(12-10(11)13-9)7-4-2-3-5-7/h4,6H,2-3,5H2,1H3,(H2,11,12,13). The highest BCUT2D eigenvalue weighted by molar-refractivity contribution is 5.65. The number of nitrogen functional groups attached to an aromatic ring is 1. The molecule has 0 bridgehead atoms. The summed E-state index contributed by atoms with van der Waals surface area (Å²) in [4.78, 5) is 8.12. The number of rotatable bonds is 2. The normalized spacial score (nSPS) is 15.4. The number of allylic oxidation sites excluding steroid dienone is 2. The van der Waals surface area contributed by atoms with Gasteiger partial charge in [-0.15, -0.1) is 0 Å². The average molecular weight is 191 g/mol. The minimum absolute atomic E-state index is 0.271. The fourth-order valence-electron chi connectivity index (χ4n) is 1.62. The van der Waals surface area contributed by atoms with Gasteiger partial charge in [0.25, 0.3) is 0 Å². The van der Waals surface area contributed by atoms with E-state index in [2.05, 4.69) is 16.0 Å². The molecule has 74 valence electrons. The van der Waals surface area contributed by atoms with Crippen LogP contribution in [0.5, 0.6) is 5.88 Å². The van der Waals surface area contributed by atoms with E-state index in [1.807, 2.05) is 6.07 Å². The Balaban J connectivity index is 2.37. The van der Waals surface area contributed by atoms with E-state index in [0.717, 1.165) is 18.5 Å². The lowest BCUT2D eigenvalue weighted by Crippen LogP contribution is -2.00. The highest BCUT2D eigenvalue weighted by atomic mass is 16.5. The van der Waals surface area contributed by atoms with Crippen LogP contribution in [-0.2, 0) is 0 Å². The molecule has 4 nitrogen and oxygen atoms in total. The smallest absolute Gasteiger partial charge is 0.223 e. The molecule has 4 heteroatoms. The van der Waals surface area contributed by atoms with Crippen LogP contribution in [0.1, 0.15) is 25.0 Å². The van der Waals surface area contributed by atoms with Gasteiger partial charge in [-0.25, -0.2) is 4.98 Å². The summed E-state index contributed by atoms with van der Waals surface area (Å²) in [5.41, 5.74) is 7.72. The molecule has 1 heterocycles. The second kappa shape index (κ2) is 3.65. The van der Waals surface area contributed by atoms with Crippen molar-refractivity contribution in [1.29, 1.82) is 0 Å². The van der Waals surface area contributed by atoms with Crippen LogP contribution in [0.3, 0.4) is 0 Å². The van der Waals surface area contributed by atoms with E-state index in [-0.39, 0.29) is 5.95 Å². The molecular formula is C10H13N3O. The van der Waals surface area contributed by atoms with Crippen molar-refractivity contribution in [3.8, 4) is 5.88 Å². The first-order chi connectivity index (χ1) is 6.79. The van der Waals surface area contributed by atoms with E-state index < -0.39 is 0 Å². The zero-order valence-electron chi connectivity index (χ0n) is 8.16. The number of anilines is 1. The van der Waals surface area contributed by atoms with E-state index >= 15 is 0 Å². The van der Waals surface area contributed by atoms with Crippen molar-refractivity contribution in [2.45, 2.75) is 19.3 Å². The van der Waals surface area contributed by atoms with Crippen LogP contribution in [0.2, 0.25) is 0 Å². The molecule has 0 saturated carbocycles. The molecule has 2 rings (SSSR count). The Morgan fingerprint density at radius 3 is 2.93 bits per heavy atom. The summed E-state index contributed by atoms with van der Waals surface area (Å²) in [5.74, 6) is 0.799. The van der Waals surface area contributed by atoms with Crippen molar-refractivity contribution in [3.05, 3.63) is 17.8 Å². The monoisotopic (exact) mass is 191 g/mol. The van der Waals surface area contributed by atoms with Crippen LogP contribution in [-0.4, -0.2) is 17.1 Å². The molecule has 0 aliphatic heterocycles. The predicted molar refractivity (Wildman–Crippen MR) is 54.8 cm³/mol. The number of hydrogen-bond acceptors (Lipinski definition) is 4. The van der Waals surface area contributed by atoms with E-state index in [1.165, 1.54) is 12.0 Å². The van der Waals surface area contributed by atoms with Gasteiger partial charge in [0, 0.05) is 6.07 Å². The van der Waals surface area contributed by atoms with Crippen molar-refractivity contribution in [2.75, 3.05) is 12.8 Å². The molecule has 0 radical (unpaired) electrons. The number of ether oxygens (including phenoxy) is 1. The van der Waals surface area contributed by atoms with E-state index in [4.69, 9.17) is 10.5 Å². The van der Waals surface area contributed by atoms with Gasteiger partial charge in [-0.1, -0.05) is 6.08 Å². The number of nitrogens with zero attached hydrogens (tertiary/aromatic N) is 2. The molecule has 0 aromatic carbocycles. The van der Waals surface area contributed by atoms with Crippen LogP contribution in [0, 0.1) is 0 Å².